The second-order valence-electron chi connectivity index (χ2n) is 8.83. The van der Waals surface area contributed by atoms with E-state index in [0.717, 1.165) is 38.8 Å². The first-order valence-electron chi connectivity index (χ1n) is 11.8. The molecule has 2 heterocycles. The number of aromatic nitrogens is 2. The third kappa shape index (κ3) is 6.37. The molecule has 162 valence electrons. The van der Waals surface area contributed by atoms with Crippen molar-refractivity contribution in [2.75, 3.05) is 0 Å². The molecule has 2 heteroatoms. The van der Waals surface area contributed by atoms with Gasteiger partial charge in [-0.1, -0.05) is 48.5 Å². The molecule has 4 aromatic rings. The Kier molecular flexibility index (Phi) is 7.45. The monoisotopic (exact) mass is 422 g/mol. The maximum Gasteiger partial charge on any atom is 0.169 e. The number of hydrogen-bond donors (Lipinski definition) is 0. The van der Waals surface area contributed by atoms with E-state index in [1.165, 1.54) is 33.4 Å². The van der Waals surface area contributed by atoms with E-state index in [9.17, 15) is 0 Å². The van der Waals surface area contributed by atoms with Crippen molar-refractivity contribution in [3.8, 4) is 11.1 Å². The molecule has 4 rings (SSSR count). The van der Waals surface area contributed by atoms with E-state index >= 15 is 0 Å². The molecule has 0 spiro atoms. The first-order valence-corrected chi connectivity index (χ1v) is 11.8. The van der Waals surface area contributed by atoms with Crippen LogP contribution in [0, 0.1) is 13.8 Å². The van der Waals surface area contributed by atoms with Gasteiger partial charge in [-0.25, -0.2) is 9.13 Å². The minimum Gasteiger partial charge on any atom is -0.205 e. The average Bonchev–Trinajstić information content (AvgIpc) is 2.83. The van der Waals surface area contributed by atoms with Gasteiger partial charge < -0.3 is 0 Å². The van der Waals surface area contributed by atoms with Crippen LogP contribution in [0.2, 0.25) is 0 Å². The molecule has 0 aliphatic carbocycles. The highest BCUT2D eigenvalue weighted by molar-refractivity contribution is 5.64. The van der Waals surface area contributed by atoms with Crippen molar-refractivity contribution in [2.45, 2.75) is 52.6 Å². The zero-order chi connectivity index (χ0) is 22.2. The molecule has 0 saturated heterocycles. The molecule has 0 fully saturated rings. The number of aryl methyl sites for hydroxylation is 6. The summed E-state index contributed by atoms with van der Waals surface area (Å²) in [4.78, 5) is 0. The Morgan fingerprint density at radius 1 is 0.469 bits per heavy atom. The average molecular weight is 423 g/mol. The van der Waals surface area contributed by atoms with Crippen LogP contribution >= 0.6 is 0 Å². The van der Waals surface area contributed by atoms with Crippen molar-refractivity contribution in [1.29, 1.82) is 0 Å². The molecule has 2 nitrogen and oxygen atoms in total. The zero-order valence-electron chi connectivity index (χ0n) is 19.4. The number of pyridine rings is 2. The Bertz CT molecular complexity index is 1000. The smallest absolute Gasteiger partial charge is 0.169 e. The largest absolute Gasteiger partial charge is 0.205 e. The first-order chi connectivity index (χ1) is 15.7. The lowest BCUT2D eigenvalue weighted by atomic mass is 10.00. The first kappa shape index (κ1) is 22.0. The van der Waals surface area contributed by atoms with Crippen LogP contribution in [-0.4, -0.2) is 0 Å². The topological polar surface area (TPSA) is 7.76 Å². The molecule has 0 aliphatic heterocycles. The van der Waals surface area contributed by atoms with Gasteiger partial charge in [-0.3, -0.25) is 0 Å². The number of rotatable bonds is 9. The fourth-order valence-corrected chi connectivity index (χ4v) is 4.02. The Morgan fingerprint density at radius 2 is 0.812 bits per heavy atom. The van der Waals surface area contributed by atoms with Gasteiger partial charge in [-0.15, -0.1) is 0 Å². The zero-order valence-corrected chi connectivity index (χ0v) is 19.4. The number of hydrogen-bond acceptors (Lipinski definition) is 0. The molecule has 0 N–H and O–H groups in total. The van der Waals surface area contributed by atoms with Crippen LogP contribution in [0.5, 0.6) is 0 Å². The highest BCUT2D eigenvalue weighted by Gasteiger charge is 2.04. The molecule has 0 bridgehead atoms. The predicted octanol–water partition coefficient (Wildman–Crippen LogP) is 5.81. The molecule has 0 aliphatic rings. The summed E-state index contributed by atoms with van der Waals surface area (Å²) >= 11 is 0. The van der Waals surface area contributed by atoms with Crippen molar-refractivity contribution in [3.05, 3.63) is 120 Å². The van der Waals surface area contributed by atoms with Crippen LogP contribution in [0.25, 0.3) is 11.1 Å². The van der Waals surface area contributed by atoms with E-state index in [2.05, 4.69) is 121 Å². The predicted molar refractivity (Wildman–Crippen MR) is 131 cm³/mol. The van der Waals surface area contributed by atoms with Gasteiger partial charge in [0.15, 0.2) is 24.8 Å². The maximum atomic E-state index is 2.28. The molecular formula is C30H34N2+2. The second kappa shape index (κ2) is 10.9. The van der Waals surface area contributed by atoms with E-state index in [0.29, 0.717) is 0 Å². The Labute approximate surface area is 192 Å². The van der Waals surface area contributed by atoms with Gasteiger partial charge in [0.25, 0.3) is 0 Å². The molecular weight excluding hydrogens is 388 g/mol. The van der Waals surface area contributed by atoms with Crippen molar-refractivity contribution in [3.63, 3.8) is 0 Å². The lowest BCUT2D eigenvalue weighted by molar-refractivity contribution is -0.697. The van der Waals surface area contributed by atoms with Gasteiger partial charge in [0.2, 0.25) is 0 Å². The number of nitrogens with zero attached hydrogens (tertiary/aromatic N) is 2. The van der Waals surface area contributed by atoms with Crippen LogP contribution in [0.3, 0.4) is 0 Å². The molecule has 0 radical (unpaired) electrons. The van der Waals surface area contributed by atoms with Gasteiger partial charge in [-0.05, 0) is 60.1 Å². The van der Waals surface area contributed by atoms with E-state index in [1.54, 1.807) is 0 Å². The van der Waals surface area contributed by atoms with Crippen LogP contribution < -0.4 is 9.13 Å². The quantitative estimate of drug-likeness (QED) is 0.301. The summed E-state index contributed by atoms with van der Waals surface area (Å²) in [6.07, 6.45) is 13.2. The van der Waals surface area contributed by atoms with Crippen molar-refractivity contribution in [1.82, 2.24) is 0 Å². The molecule has 2 aromatic carbocycles. The van der Waals surface area contributed by atoms with Crippen molar-refractivity contribution >= 4 is 0 Å². The van der Waals surface area contributed by atoms with Crippen LogP contribution in [-0.2, 0) is 25.9 Å². The Hall–Kier alpha value is -3.26. The van der Waals surface area contributed by atoms with Crippen LogP contribution in [0.15, 0.2) is 97.6 Å². The normalized spacial score (nSPS) is 10.9. The molecule has 0 unspecified atom stereocenters. The lowest BCUT2D eigenvalue weighted by Gasteiger charge is -2.06. The van der Waals surface area contributed by atoms with E-state index < -0.39 is 0 Å². The third-order valence-corrected chi connectivity index (χ3v) is 6.12. The second-order valence-corrected chi connectivity index (χ2v) is 8.83. The fraction of sp³-hybridized carbons (Fsp3) is 0.267. The summed E-state index contributed by atoms with van der Waals surface area (Å²) in [6.45, 7) is 6.38. The van der Waals surface area contributed by atoms with Crippen LogP contribution in [0.1, 0.15) is 35.1 Å². The SMILES string of the molecule is Cc1cc[n+](CCCc2ccc(-c3ccc(CCC[n+]4ccc(C)cc4)cc3)cc2)cc1. The van der Waals surface area contributed by atoms with Crippen molar-refractivity contribution in [2.24, 2.45) is 0 Å². The summed E-state index contributed by atoms with van der Waals surface area (Å²) in [5, 5.41) is 0. The summed E-state index contributed by atoms with van der Waals surface area (Å²) in [6, 6.07) is 26.8. The molecule has 0 atom stereocenters. The molecule has 2 aromatic heterocycles. The summed E-state index contributed by atoms with van der Waals surface area (Å²) in [5.41, 5.74) is 8.03. The van der Waals surface area contributed by atoms with Gasteiger partial charge in [0.1, 0.15) is 13.1 Å². The molecule has 0 saturated carbocycles. The van der Waals surface area contributed by atoms with E-state index in [-0.39, 0.29) is 0 Å². The summed E-state index contributed by atoms with van der Waals surface area (Å²) in [5.74, 6) is 0. The third-order valence-electron chi connectivity index (χ3n) is 6.12. The number of benzene rings is 2. The van der Waals surface area contributed by atoms with E-state index in [4.69, 9.17) is 0 Å². The minimum atomic E-state index is 1.06. The van der Waals surface area contributed by atoms with Gasteiger partial charge in [0.05, 0.1) is 0 Å². The Balaban J connectivity index is 1.25. The highest BCUT2D eigenvalue weighted by atomic mass is 14.9. The summed E-state index contributed by atoms with van der Waals surface area (Å²) in [7, 11) is 0. The maximum absolute atomic E-state index is 2.28. The van der Waals surface area contributed by atoms with Gasteiger partial charge in [-0.2, -0.15) is 0 Å². The molecule has 32 heavy (non-hydrogen) atoms. The molecule has 0 amide bonds. The van der Waals surface area contributed by atoms with Crippen molar-refractivity contribution < 1.29 is 9.13 Å². The summed E-state index contributed by atoms with van der Waals surface area (Å²) < 4.78 is 4.53. The van der Waals surface area contributed by atoms with E-state index in [1.807, 2.05) is 0 Å². The Morgan fingerprint density at radius 3 is 1.16 bits per heavy atom. The fourth-order valence-electron chi connectivity index (χ4n) is 4.02. The highest BCUT2D eigenvalue weighted by Crippen LogP contribution is 2.21. The minimum absolute atomic E-state index is 1.06. The van der Waals surface area contributed by atoms with Gasteiger partial charge >= 0.3 is 0 Å². The lowest BCUT2D eigenvalue weighted by Crippen LogP contribution is -2.32. The van der Waals surface area contributed by atoms with Gasteiger partial charge in [0, 0.05) is 37.1 Å². The van der Waals surface area contributed by atoms with Crippen LogP contribution in [0.4, 0.5) is 0 Å². The standard InChI is InChI=1S/C30H34N2/c1-25-15-21-31(22-16-25)19-3-5-27-7-11-29(12-8-27)30-13-9-28(10-14-30)6-4-20-32-23-17-26(2)18-24-32/h7-18,21-24H,3-6,19-20H2,1-2H3/q+2.